The Balaban J connectivity index is 1.80. The largest absolute Gasteiger partial charge is 0.383 e. The zero-order chi connectivity index (χ0) is 15.1. The van der Waals surface area contributed by atoms with Gasteiger partial charge in [0.2, 0.25) is 5.16 Å². The standard InChI is InChI=1S/C12H20N6OS2/c1-9-10(2)21-11(14-9)8-20-12-15-16-17-18(12)6-4-13-5-7-19-3/h13H,4-8H2,1-3H3. The predicted molar refractivity (Wildman–Crippen MR) is 83.7 cm³/mol. The number of aryl methyl sites for hydroxylation is 2. The fraction of sp³-hybridized carbons (Fsp3) is 0.667. The van der Waals surface area contributed by atoms with Gasteiger partial charge in [-0.1, -0.05) is 11.8 Å². The summed E-state index contributed by atoms with van der Waals surface area (Å²) in [5.41, 5.74) is 1.11. The van der Waals surface area contributed by atoms with Gasteiger partial charge in [0.1, 0.15) is 5.01 Å². The van der Waals surface area contributed by atoms with Crippen molar-refractivity contribution < 1.29 is 4.74 Å². The Kier molecular flexibility index (Phi) is 6.55. The van der Waals surface area contributed by atoms with Gasteiger partial charge < -0.3 is 10.1 Å². The number of hydrogen-bond acceptors (Lipinski definition) is 8. The molecule has 7 nitrogen and oxygen atoms in total. The van der Waals surface area contributed by atoms with Crippen molar-refractivity contribution >= 4 is 23.1 Å². The van der Waals surface area contributed by atoms with Crippen molar-refractivity contribution in [1.29, 1.82) is 0 Å². The van der Waals surface area contributed by atoms with Gasteiger partial charge in [0, 0.05) is 25.1 Å². The molecular formula is C12H20N6OS2. The molecule has 21 heavy (non-hydrogen) atoms. The Morgan fingerprint density at radius 1 is 1.33 bits per heavy atom. The van der Waals surface area contributed by atoms with Crippen LogP contribution in [0.1, 0.15) is 15.6 Å². The SMILES string of the molecule is COCCNCCn1nnnc1SCc1nc(C)c(C)s1. The lowest BCUT2D eigenvalue weighted by Gasteiger charge is -2.05. The highest BCUT2D eigenvalue weighted by Gasteiger charge is 2.09. The summed E-state index contributed by atoms with van der Waals surface area (Å²) in [6.07, 6.45) is 0. The van der Waals surface area contributed by atoms with Crippen molar-refractivity contribution in [2.24, 2.45) is 0 Å². The van der Waals surface area contributed by atoms with Gasteiger partial charge in [-0.3, -0.25) is 0 Å². The predicted octanol–water partition coefficient (Wildman–Crippen LogP) is 1.27. The van der Waals surface area contributed by atoms with E-state index in [0.29, 0.717) is 6.61 Å². The van der Waals surface area contributed by atoms with Crippen molar-refractivity contribution in [2.75, 3.05) is 26.8 Å². The molecular weight excluding hydrogens is 308 g/mol. The average molecular weight is 328 g/mol. The number of thioether (sulfide) groups is 1. The van der Waals surface area contributed by atoms with Gasteiger partial charge in [0.05, 0.1) is 24.6 Å². The Morgan fingerprint density at radius 3 is 2.90 bits per heavy atom. The number of rotatable bonds is 9. The van der Waals surface area contributed by atoms with Crippen LogP contribution in [0.4, 0.5) is 0 Å². The zero-order valence-corrected chi connectivity index (χ0v) is 14.1. The molecule has 0 saturated carbocycles. The molecule has 0 amide bonds. The summed E-state index contributed by atoms with van der Waals surface area (Å²) in [6.45, 7) is 7.23. The molecule has 1 N–H and O–H groups in total. The monoisotopic (exact) mass is 328 g/mol. The lowest BCUT2D eigenvalue weighted by molar-refractivity contribution is 0.199. The number of methoxy groups -OCH3 is 1. The number of aromatic nitrogens is 5. The molecule has 116 valence electrons. The first kappa shape index (κ1) is 16.3. The molecule has 0 radical (unpaired) electrons. The first-order chi connectivity index (χ1) is 10.2. The highest BCUT2D eigenvalue weighted by molar-refractivity contribution is 7.98. The minimum Gasteiger partial charge on any atom is -0.383 e. The number of thiazole rings is 1. The minimum absolute atomic E-state index is 0.708. The van der Waals surface area contributed by atoms with Crippen LogP contribution in [0.15, 0.2) is 5.16 Å². The van der Waals surface area contributed by atoms with Crippen LogP contribution in [-0.4, -0.2) is 52.0 Å². The van der Waals surface area contributed by atoms with Crippen LogP contribution >= 0.6 is 23.1 Å². The van der Waals surface area contributed by atoms with Crippen LogP contribution in [0.5, 0.6) is 0 Å². The molecule has 0 fully saturated rings. The Morgan fingerprint density at radius 2 is 2.19 bits per heavy atom. The van der Waals surface area contributed by atoms with Gasteiger partial charge >= 0.3 is 0 Å². The average Bonchev–Trinajstić information content (AvgIpc) is 3.04. The van der Waals surface area contributed by atoms with E-state index >= 15 is 0 Å². The van der Waals surface area contributed by atoms with Crippen molar-refractivity contribution in [3.8, 4) is 0 Å². The second-order valence-corrected chi connectivity index (χ2v) is 6.70. The molecule has 0 unspecified atom stereocenters. The van der Waals surface area contributed by atoms with Crippen LogP contribution in [0.2, 0.25) is 0 Å². The van der Waals surface area contributed by atoms with Gasteiger partial charge in [-0.05, 0) is 24.3 Å². The summed E-state index contributed by atoms with van der Waals surface area (Å²) in [5.74, 6) is 0.802. The summed E-state index contributed by atoms with van der Waals surface area (Å²) in [4.78, 5) is 5.80. The Labute approximate surface area is 132 Å². The zero-order valence-electron chi connectivity index (χ0n) is 12.5. The molecule has 2 heterocycles. The van der Waals surface area contributed by atoms with Gasteiger partial charge in [0.25, 0.3) is 0 Å². The van der Waals surface area contributed by atoms with Gasteiger partial charge in [-0.15, -0.1) is 16.4 Å². The normalized spacial score (nSPS) is 11.2. The molecule has 2 aromatic heterocycles. The third-order valence-corrected chi connectivity index (χ3v) is 5.10. The lowest BCUT2D eigenvalue weighted by Crippen LogP contribution is -2.24. The Bertz CT molecular complexity index is 536. The summed E-state index contributed by atoms with van der Waals surface area (Å²) >= 11 is 3.35. The van der Waals surface area contributed by atoms with E-state index in [4.69, 9.17) is 4.74 Å². The van der Waals surface area contributed by atoms with Gasteiger partial charge in [-0.2, -0.15) is 0 Å². The maximum absolute atomic E-state index is 4.98. The second-order valence-electron chi connectivity index (χ2n) is 4.47. The topological polar surface area (TPSA) is 77.8 Å². The van der Waals surface area contributed by atoms with Crippen molar-refractivity contribution in [2.45, 2.75) is 31.3 Å². The maximum Gasteiger partial charge on any atom is 0.209 e. The third kappa shape index (κ3) is 5.03. The number of hydrogen-bond donors (Lipinski definition) is 1. The van der Waals surface area contributed by atoms with E-state index in [-0.39, 0.29) is 0 Å². The summed E-state index contributed by atoms with van der Waals surface area (Å²) < 4.78 is 6.80. The highest BCUT2D eigenvalue weighted by Crippen LogP contribution is 2.24. The minimum atomic E-state index is 0.708. The number of nitrogens with one attached hydrogen (secondary N) is 1. The number of nitrogens with zero attached hydrogens (tertiary/aromatic N) is 5. The van der Waals surface area contributed by atoms with Crippen LogP contribution in [0.25, 0.3) is 0 Å². The highest BCUT2D eigenvalue weighted by atomic mass is 32.2. The number of tetrazole rings is 1. The van der Waals surface area contributed by atoms with E-state index in [0.717, 1.165) is 41.2 Å². The molecule has 0 aliphatic carbocycles. The molecule has 0 aliphatic heterocycles. The first-order valence-corrected chi connectivity index (χ1v) is 8.52. The van der Waals surface area contributed by atoms with E-state index in [2.05, 4.69) is 32.7 Å². The quantitative estimate of drug-likeness (QED) is 0.549. The fourth-order valence-electron chi connectivity index (χ4n) is 1.65. The molecule has 0 saturated heterocycles. The van der Waals surface area contributed by atoms with Gasteiger partial charge in [-0.25, -0.2) is 9.67 Å². The molecule has 2 aromatic rings. The van der Waals surface area contributed by atoms with Crippen molar-refractivity contribution in [3.05, 3.63) is 15.6 Å². The van der Waals surface area contributed by atoms with Crippen LogP contribution in [0.3, 0.4) is 0 Å². The molecule has 0 atom stereocenters. The van der Waals surface area contributed by atoms with E-state index in [1.54, 1.807) is 30.2 Å². The van der Waals surface area contributed by atoms with Crippen molar-refractivity contribution in [3.63, 3.8) is 0 Å². The third-order valence-electron chi connectivity index (χ3n) is 2.88. The van der Waals surface area contributed by atoms with Crippen LogP contribution in [0, 0.1) is 13.8 Å². The van der Waals surface area contributed by atoms with E-state index in [9.17, 15) is 0 Å². The first-order valence-electron chi connectivity index (χ1n) is 6.72. The number of ether oxygens (including phenoxy) is 1. The molecule has 9 heteroatoms. The molecule has 0 aromatic carbocycles. The summed E-state index contributed by atoms with van der Waals surface area (Å²) in [5, 5.41) is 17.0. The summed E-state index contributed by atoms with van der Waals surface area (Å²) in [7, 11) is 1.69. The smallest absolute Gasteiger partial charge is 0.209 e. The lowest BCUT2D eigenvalue weighted by atomic mass is 10.4. The fourth-order valence-corrected chi connectivity index (χ4v) is 3.48. The van der Waals surface area contributed by atoms with Crippen LogP contribution in [-0.2, 0) is 17.0 Å². The van der Waals surface area contributed by atoms with E-state index in [1.807, 2.05) is 11.6 Å². The molecule has 2 rings (SSSR count). The van der Waals surface area contributed by atoms with E-state index < -0.39 is 0 Å². The van der Waals surface area contributed by atoms with E-state index in [1.165, 1.54) is 4.88 Å². The Hall–Kier alpha value is -1.03. The summed E-state index contributed by atoms with van der Waals surface area (Å²) in [6, 6.07) is 0. The molecule has 0 spiro atoms. The van der Waals surface area contributed by atoms with Gasteiger partial charge in [0.15, 0.2) is 0 Å². The molecule has 0 aliphatic rings. The molecule has 0 bridgehead atoms. The second kappa shape index (κ2) is 8.42. The van der Waals surface area contributed by atoms with Crippen molar-refractivity contribution in [1.82, 2.24) is 30.5 Å². The maximum atomic E-state index is 4.98. The van der Waals surface area contributed by atoms with Crippen LogP contribution < -0.4 is 5.32 Å².